The second-order valence-corrected chi connectivity index (χ2v) is 11.2. The number of carbonyl (C=O) groups is 3. The molecule has 0 aromatic heterocycles. The van der Waals surface area contributed by atoms with E-state index in [0.717, 1.165) is 24.0 Å². The number of nitrogens with zero attached hydrogens (tertiary/aromatic N) is 2. The Balaban J connectivity index is 1.09. The highest BCUT2D eigenvalue weighted by Gasteiger charge is 2.46. The summed E-state index contributed by atoms with van der Waals surface area (Å²) in [4.78, 5) is 39.8. The SMILES string of the molecule is C=CCOC(=O)N1[C@@H]2CC[C@H]1C[C@@H](N(P=S)C(=O)CCNC(=O)OCC1c3ccccc3-c3ccccc31)C2. The van der Waals surface area contributed by atoms with E-state index in [-0.39, 0.29) is 62.2 Å². The average Bonchev–Trinajstić information content (AvgIpc) is 3.41. The normalized spacial score (nSPS) is 21.1. The van der Waals surface area contributed by atoms with Crippen molar-refractivity contribution in [2.24, 2.45) is 0 Å². The Labute approximate surface area is 235 Å². The van der Waals surface area contributed by atoms with Gasteiger partial charge in [-0.25, -0.2) is 9.59 Å². The van der Waals surface area contributed by atoms with Gasteiger partial charge in [-0.15, -0.1) is 0 Å². The zero-order valence-corrected chi connectivity index (χ0v) is 23.4. The smallest absolute Gasteiger partial charge is 0.410 e. The van der Waals surface area contributed by atoms with Crippen LogP contribution < -0.4 is 5.32 Å². The molecule has 1 aliphatic carbocycles. The summed E-state index contributed by atoms with van der Waals surface area (Å²) in [5, 5.41) is 2.72. The summed E-state index contributed by atoms with van der Waals surface area (Å²) in [6.45, 7) is 4.16. The Kier molecular flexibility index (Phi) is 8.58. The van der Waals surface area contributed by atoms with Gasteiger partial charge in [0.25, 0.3) is 0 Å². The number of ether oxygens (including phenoxy) is 2. The van der Waals surface area contributed by atoms with Crippen molar-refractivity contribution in [1.82, 2.24) is 14.9 Å². The van der Waals surface area contributed by atoms with Gasteiger partial charge < -0.3 is 19.7 Å². The molecule has 3 atom stereocenters. The first kappa shape index (κ1) is 27.3. The maximum Gasteiger partial charge on any atom is 0.410 e. The summed E-state index contributed by atoms with van der Waals surface area (Å²) in [5.74, 6) is -0.132. The van der Waals surface area contributed by atoms with Crippen molar-refractivity contribution in [3.05, 3.63) is 72.3 Å². The Morgan fingerprint density at radius 1 is 1.03 bits per heavy atom. The van der Waals surface area contributed by atoms with Crippen molar-refractivity contribution in [2.75, 3.05) is 19.8 Å². The number of carbonyl (C=O) groups excluding carboxylic acids is 3. The molecule has 10 heteroatoms. The van der Waals surface area contributed by atoms with Crippen LogP contribution in [0.4, 0.5) is 9.59 Å². The largest absolute Gasteiger partial charge is 0.449 e. The summed E-state index contributed by atoms with van der Waals surface area (Å²) >= 11 is 5.28. The van der Waals surface area contributed by atoms with Crippen LogP contribution in [0.2, 0.25) is 0 Å². The molecule has 2 aromatic carbocycles. The molecule has 3 amide bonds. The van der Waals surface area contributed by atoms with Crippen LogP contribution in [0.1, 0.15) is 49.1 Å². The Hall–Kier alpha value is -3.29. The molecule has 39 heavy (non-hydrogen) atoms. The van der Waals surface area contributed by atoms with Crippen LogP contribution >= 0.6 is 7.51 Å². The van der Waals surface area contributed by atoms with E-state index < -0.39 is 6.09 Å². The van der Waals surface area contributed by atoms with Crippen LogP contribution in [-0.4, -0.2) is 65.5 Å². The van der Waals surface area contributed by atoms with Gasteiger partial charge in [-0.3, -0.25) is 9.46 Å². The molecular formula is C29H32N3O5PS. The first-order valence-electron chi connectivity index (χ1n) is 13.3. The quantitative estimate of drug-likeness (QED) is 0.324. The zero-order chi connectivity index (χ0) is 27.4. The van der Waals surface area contributed by atoms with Gasteiger partial charge in [-0.1, -0.05) is 61.2 Å². The van der Waals surface area contributed by atoms with E-state index in [1.807, 2.05) is 29.2 Å². The van der Waals surface area contributed by atoms with Gasteiger partial charge in [-0.05, 0) is 59.7 Å². The summed E-state index contributed by atoms with van der Waals surface area (Å²) in [7, 11) is 0.446. The fourth-order valence-corrected chi connectivity index (χ4v) is 7.39. The van der Waals surface area contributed by atoms with Crippen LogP contribution in [0.15, 0.2) is 61.2 Å². The van der Waals surface area contributed by atoms with Crippen molar-refractivity contribution in [3.8, 4) is 11.1 Å². The summed E-state index contributed by atoms with van der Waals surface area (Å²) in [5.41, 5.74) is 4.64. The maximum absolute atomic E-state index is 13.0. The number of rotatable bonds is 9. The number of nitrogens with one attached hydrogen (secondary N) is 1. The van der Waals surface area contributed by atoms with E-state index in [1.165, 1.54) is 11.1 Å². The average molecular weight is 566 g/mol. The van der Waals surface area contributed by atoms with E-state index in [9.17, 15) is 14.4 Å². The van der Waals surface area contributed by atoms with E-state index in [2.05, 4.69) is 36.2 Å². The standard InChI is InChI=1S/C29H32N3O5PS/c1-2-15-36-29(35)31-19-11-12-20(31)17-21(16-19)32(38-39)27(33)13-14-30-28(34)37-18-26-24-9-5-3-7-22(24)23-8-4-6-10-25(23)26/h2-10,19-21,26H,1,11-18H2,(H,30,34)/t19-,20+,21+. The third-order valence-corrected chi connectivity index (χ3v) is 9.14. The lowest BCUT2D eigenvalue weighted by atomic mass is 9.97. The predicted molar refractivity (Wildman–Crippen MR) is 152 cm³/mol. The van der Waals surface area contributed by atoms with E-state index in [4.69, 9.17) is 21.3 Å². The van der Waals surface area contributed by atoms with Crippen molar-refractivity contribution in [2.45, 2.75) is 56.1 Å². The van der Waals surface area contributed by atoms with E-state index in [0.29, 0.717) is 20.3 Å². The van der Waals surface area contributed by atoms with Gasteiger partial charge in [0.1, 0.15) is 13.2 Å². The molecule has 2 aromatic rings. The number of alkyl carbamates (subject to hydrolysis) is 1. The van der Waals surface area contributed by atoms with Gasteiger partial charge >= 0.3 is 12.2 Å². The minimum atomic E-state index is -0.545. The van der Waals surface area contributed by atoms with Crippen LogP contribution in [0.25, 0.3) is 11.1 Å². The molecule has 0 spiro atoms. The number of amides is 3. The molecule has 204 valence electrons. The van der Waals surface area contributed by atoms with Crippen LogP contribution in [0.3, 0.4) is 0 Å². The monoisotopic (exact) mass is 565 g/mol. The Morgan fingerprint density at radius 3 is 2.23 bits per heavy atom. The molecule has 2 fully saturated rings. The molecule has 8 nitrogen and oxygen atoms in total. The van der Waals surface area contributed by atoms with Crippen LogP contribution in [0.5, 0.6) is 0 Å². The zero-order valence-electron chi connectivity index (χ0n) is 21.7. The van der Waals surface area contributed by atoms with Crippen molar-refractivity contribution < 1.29 is 23.9 Å². The topological polar surface area (TPSA) is 88.2 Å². The van der Waals surface area contributed by atoms with Crippen molar-refractivity contribution >= 4 is 37.4 Å². The van der Waals surface area contributed by atoms with Crippen molar-refractivity contribution in [1.29, 1.82) is 0 Å². The summed E-state index contributed by atoms with van der Waals surface area (Å²) in [6.07, 6.45) is 3.96. The molecular weight excluding hydrogens is 533 g/mol. The van der Waals surface area contributed by atoms with Gasteiger partial charge in [0, 0.05) is 37.0 Å². The molecule has 5 rings (SSSR count). The molecule has 2 heterocycles. The number of benzene rings is 2. The molecule has 1 N–H and O–H groups in total. The van der Waals surface area contributed by atoms with Crippen LogP contribution in [0, 0.1) is 0 Å². The molecule has 3 aliphatic rings. The fourth-order valence-electron chi connectivity index (χ4n) is 6.20. The first-order chi connectivity index (χ1) is 19.0. The summed E-state index contributed by atoms with van der Waals surface area (Å²) < 4.78 is 12.5. The fraction of sp³-hybridized carbons (Fsp3) is 0.414. The molecule has 0 radical (unpaired) electrons. The van der Waals surface area contributed by atoms with Gasteiger partial charge in [0.05, 0.1) is 7.51 Å². The molecule has 2 aliphatic heterocycles. The highest BCUT2D eigenvalue weighted by molar-refractivity contribution is 7.95. The number of hydrogen-bond acceptors (Lipinski definition) is 6. The van der Waals surface area contributed by atoms with Gasteiger partial charge in [0.15, 0.2) is 0 Å². The molecule has 0 unspecified atom stereocenters. The minimum absolute atomic E-state index is 0.0189. The number of hydrogen-bond donors (Lipinski definition) is 1. The number of piperidine rings is 1. The Morgan fingerprint density at radius 2 is 1.64 bits per heavy atom. The summed E-state index contributed by atoms with van der Waals surface area (Å²) in [6, 6.07) is 16.4. The molecule has 0 saturated carbocycles. The first-order valence-corrected chi connectivity index (χ1v) is 15.2. The second-order valence-electron chi connectivity index (χ2n) is 10.1. The lowest BCUT2D eigenvalue weighted by Gasteiger charge is -2.40. The molecule has 2 saturated heterocycles. The van der Waals surface area contributed by atoms with Crippen LogP contribution in [-0.2, 0) is 26.1 Å². The Bertz CT molecular complexity index is 1210. The second kappa shape index (κ2) is 12.3. The van der Waals surface area contributed by atoms with Gasteiger partial charge in [-0.2, -0.15) is 0 Å². The third-order valence-electron chi connectivity index (χ3n) is 7.88. The van der Waals surface area contributed by atoms with E-state index >= 15 is 0 Å². The highest BCUT2D eigenvalue weighted by Crippen LogP contribution is 2.44. The lowest BCUT2D eigenvalue weighted by Crippen LogP contribution is -2.52. The maximum atomic E-state index is 13.0. The molecule has 2 bridgehead atoms. The minimum Gasteiger partial charge on any atom is -0.449 e. The third kappa shape index (κ3) is 5.70. The lowest BCUT2D eigenvalue weighted by molar-refractivity contribution is -0.128. The highest BCUT2D eigenvalue weighted by atomic mass is 32.4. The number of fused-ring (bicyclic) bond motifs is 5. The van der Waals surface area contributed by atoms with Crippen molar-refractivity contribution in [3.63, 3.8) is 0 Å². The predicted octanol–water partition coefficient (Wildman–Crippen LogP) is 5.38. The van der Waals surface area contributed by atoms with Gasteiger partial charge in [0.2, 0.25) is 5.91 Å². The van der Waals surface area contributed by atoms with E-state index in [1.54, 1.807) is 10.7 Å².